The van der Waals surface area contributed by atoms with Gasteiger partial charge in [-0.15, -0.1) is 0 Å². The first-order chi connectivity index (χ1) is 12.3. The second-order valence-electron chi connectivity index (χ2n) is 5.47. The minimum atomic E-state index is -4.44. The number of benzene rings is 3. The summed E-state index contributed by atoms with van der Waals surface area (Å²) in [6.45, 7) is -0.0940. The molecule has 3 rings (SSSR count). The van der Waals surface area contributed by atoms with Crippen molar-refractivity contribution in [2.24, 2.45) is 0 Å². The molecular formula is C18H15NO6S. The van der Waals surface area contributed by atoms with Crippen molar-refractivity contribution >= 4 is 32.5 Å². The number of carbonyl (C=O) groups excluding carboxylic acids is 1. The van der Waals surface area contributed by atoms with Crippen molar-refractivity contribution in [1.29, 1.82) is 0 Å². The number of ether oxygens (including phenoxy) is 1. The smallest absolute Gasteiger partial charge is 0.339 e. The summed E-state index contributed by atoms with van der Waals surface area (Å²) in [5, 5.41) is 13.6. The van der Waals surface area contributed by atoms with Crippen molar-refractivity contribution in [3.63, 3.8) is 0 Å². The van der Waals surface area contributed by atoms with Gasteiger partial charge in [0.05, 0.1) is 10.5 Å². The SMILES string of the molecule is O=C(OCNc1ccc2c(O)cc(S(=O)(=O)O)cc2c1)c1ccccc1. The highest BCUT2D eigenvalue weighted by atomic mass is 32.2. The number of phenolic OH excluding ortho intramolecular Hbond substituents is 1. The Labute approximate surface area is 149 Å². The van der Waals surface area contributed by atoms with Crippen LogP contribution in [0.2, 0.25) is 0 Å². The van der Waals surface area contributed by atoms with E-state index in [2.05, 4.69) is 5.32 Å². The molecular weight excluding hydrogens is 358 g/mol. The van der Waals surface area contributed by atoms with Crippen molar-refractivity contribution in [1.82, 2.24) is 0 Å². The third kappa shape index (κ3) is 3.93. The Balaban J connectivity index is 1.75. The highest BCUT2D eigenvalue weighted by molar-refractivity contribution is 7.85. The first-order valence-electron chi connectivity index (χ1n) is 7.55. The van der Waals surface area contributed by atoms with E-state index in [1.165, 1.54) is 6.07 Å². The lowest BCUT2D eigenvalue weighted by Gasteiger charge is -2.10. The molecule has 0 fully saturated rings. The average Bonchev–Trinajstić information content (AvgIpc) is 2.61. The Morgan fingerprint density at radius 3 is 2.46 bits per heavy atom. The van der Waals surface area contributed by atoms with Crippen LogP contribution in [0.3, 0.4) is 0 Å². The van der Waals surface area contributed by atoms with Crippen LogP contribution in [0, 0.1) is 0 Å². The van der Waals surface area contributed by atoms with E-state index in [0.717, 1.165) is 6.07 Å². The van der Waals surface area contributed by atoms with Crippen molar-refractivity contribution in [3.05, 3.63) is 66.2 Å². The summed E-state index contributed by atoms with van der Waals surface area (Å²) in [5.41, 5.74) is 0.973. The molecule has 3 N–H and O–H groups in total. The summed E-state index contributed by atoms with van der Waals surface area (Å²) in [4.78, 5) is 11.4. The van der Waals surface area contributed by atoms with Crippen LogP contribution in [0.4, 0.5) is 5.69 Å². The summed E-state index contributed by atoms with van der Waals surface area (Å²) in [7, 11) is -4.44. The van der Waals surface area contributed by atoms with Crippen molar-refractivity contribution < 1.29 is 27.6 Å². The minimum Gasteiger partial charge on any atom is -0.507 e. The first kappa shape index (κ1) is 17.7. The highest BCUT2D eigenvalue weighted by Crippen LogP contribution is 2.30. The third-order valence-corrected chi connectivity index (χ3v) is 4.52. The average molecular weight is 373 g/mol. The number of esters is 1. The van der Waals surface area contributed by atoms with E-state index in [4.69, 9.17) is 9.29 Å². The fourth-order valence-electron chi connectivity index (χ4n) is 2.42. The molecule has 0 radical (unpaired) electrons. The van der Waals surface area contributed by atoms with Crippen LogP contribution in [0.15, 0.2) is 65.6 Å². The van der Waals surface area contributed by atoms with E-state index in [9.17, 15) is 18.3 Å². The normalized spacial score (nSPS) is 11.3. The molecule has 3 aromatic rings. The number of nitrogens with one attached hydrogen (secondary N) is 1. The Kier molecular flexibility index (Phi) is 4.79. The molecule has 7 nitrogen and oxygen atoms in total. The maximum Gasteiger partial charge on any atom is 0.339 e. The van der Waals surface area contributed by atoms with Gasteiger partial charge < -0.3 is 15.2 Å². The summed E-state index contributed by atoms with van der Waals surface area (Å²) >= 11 is 0. The zero-order chi connectivity index (χ0) is 18.7. The van der Waals surface area contributed by atoms with E-state index in [1.807, 2.05) is 0 Å². The molecule has 134 valence electrons. The minimum absolute atomic E-state index is 0.0940. The molecule has 26 heavy (non-hydrogen) atoms. The van der Waals surface area contributed by atoms with Crippen molar-refractivity contribution in [2.75, 3.05) is 12.0 Å². The number of carbonyl (C=O) groups is 1. The quantitative estimate of drug-likeness (QED) is 0.358. The molecule has 0 spiro atoms. The molecule has 0 aliphatic rings. The molecule has 0 saturated carbocycles. The van der Waals surface area contributed by atoms with E-state index in [1.54, 1.807) is 48.5 Å². The largest absolute Gasteiger partial charge is 0.507 e. The molecule has 0 atom stereocenters. The number of phenols is 1. The van der Waals surface area contributed by atoms with Gasteiger partial charge in [0.1, 0.15) is 5.75 Å². The van der Waals surface area contributed by atoms with Crippen molar-refractivity contribution in [2.45, 2.75) is 4.90 Å². The van der Waals surface area contributed by atoms with E-state index in [-0.39, 0.29) is 12.5 Å². The van der Waals surface area contributed by atoms with Gasteiger partial charge in [-0.3, -0.25) is 4.55 Å². The van der Waals surface area contributed by atoms with Gasteiger partial charge in [-0.05, 0) is 41.8 Å². The Morgan fingerprint density at radius 2 is 1.77 bits per heavy atom. The Morgan fingerprint density at radius 1 is 1.04 bits per heavy atom. The molecule has 0 aliphatic heterocycles. The number of hydrogen-bond donors (Lipinski definition) is 3. The van der Waals surface area contributed by atoms with Gasteiger partial charge in [-0.25, -0.2) is 4.79 Å². The highest BCUT2D eigenvalue weighted by Gasteiger charge is 2.13. The molecule has 3 aromatic carbocycles. The molecule has 0 amide bonds. The van der Waals surface area contributed by atoms with E-state index < -0.39 is 21.0 Å². The maximum atomic E-state index is 11.9. The Hall–Kier alpha value is -3.10. The molecule has 0 bridgehead atoms. The van der Waals surface area contributed by atoms with Crippen LogP contribution in [-0.4, -0.2) is 30.8 Å². The van der Waals surface area contributed by atoms with Crippen LogP contribution in [0.5, 0.6) is 5.75 Å². The summed E-state index contributed by atoms with van der Waals surface area (Å²) in [5.74, 6) is -0.748. The van der Waals surface area contributed by atoms with Gasteiger partial charge >= 0.3 is 5.97 Å². The second kappa shape index (κ2) is 7.03. The van der Waals surface area contributed by atoms with Gasteiger partial charge in [0.2, 0.25) is 0 Å². The number of rotatable bonds is 5. The predicted octanol–water partition coefficient (Wildman–Crippen LogP) is 3.02. The van der Waals surface area contributed by atoms with Crippen LogP contribution in [-0.2, 0) is 14.9 Å². The third-order valence-electron chi connectivity index (χ3n) is 3.69. The number of hydrogen-bond acceptors (Lipinski definition) is 6. The zero-order valence-electron chi connectivity index (χ0n) is 13.4. The van der Waals surface area contributed by atoms with Crippen LogP contribution >= 0.6 is 0 Å². The van der Waals surface area contributed by atoms with E-state index in [0.29, 0.717) is 22.0 Å². The lowest BCUT2D eigenvalue weighted by Crippen LogP contribution is -2.12. The fraction of sp³-hybridized carbons (Fsp3) is 0.0556. The van der Waals surface area contributed by atoms with Gasteiger partial charge in [0, 0.05) is 17.1 Å². The zero-order valence-corrected chi connectivity index (χ0v) is 14.2. The molecule has 0 saturated heterocycles. The van der Waals surface area contributed by atoms with Crippen LogP contribution < -0.4 is 5.32 Å². The van der Waals surface area contributed by atoms with Gasteiger partial charge in [0.25, 0.3) is 10.1 Å². The van der Waals surface area contributed by atoms with Crippen LogP contribution in [0.25, 0.3) is 10.8 Å². The topological polar surface area (TPSA) is 113 Å². The molecule has 8 heteroatoms. The van der Waals surface area contributed by atoms with Gasteiger partial charge in [0.15, 0.2) is 6.73 Å². The number of anilines is 1. The summed E-state index contributed by atoms with van der Waals surface area (Å²) in [6.07, 6.45) is 0. The van der Waals surface area contributed by atoms with Gasteiger partial charge in [-0.2, -0.15) is 8.42 Å². The lowest BCUT2D eigenvalue weighted by molar-refractivity contribution is 0.0534. The van der Waals surface area contributed by atoms with Gasteiger partial charge in [-0.1, -0.05) is 18.2 Å². The Bertz CT molecular complexity index is 1060. The molecule has 0 unspecified atom stereocenters. The number of fused-ring (bicyclic) bond motifs is 1. The summed E-state index contributed by atoms with van der Waals surface area (Å²) in [6, 6.07) is 15.5. The maximum absolute atomic E-state index is 11.9. The molecule has 0 heterocycles. The second-order valence-corrected chi connectivity index (χ2v) is 6.89. The predicted molar refractivity (Wildman–Crippen MR) is 95.8 cm³/mol. The summed E-state index contributed by atoms with van der Waals surface area (Å²) < 4.78 is 36.8. The van der Waals surface area contributed by atoms with Crippen LogP contribution in [0.1, 0.15) is 10.4 Å². The first-order valence-corrected chi connectivity index (χ1v) is 8.99. The standard InChI is InChI=1S/C18H15NO6S/c20-17-10-15(26(22,23)24)9-13-8-14(6-7-16(13)17)19-11-25-18(21)12-4-2-1-3-5-12/h1-10,19-20H,11H2,(H,22,23,24). The number of aromatic hydroxyl groups is 1. The van der Waals surface area contributed by atoms with E-state index >= 15 is 0 Å². The fourth-order valence-corrected chi connectivity index (χ4v) is 2.96. The monoisotopic (exact) mass is 373 g/mol. The molecule has 0 aromatic heterocycles. The van der Waals surface area contributed by atoms with Crippen molar-refractivity contribution in [3.8, 4) is 5.75 Å². The molecule has 0 aliphatic carbocycles. The lowest BCUT2D eigenvalue weighted by atomic mass is 10.1.